The van der Waals surface area contributed by atoms with Gasteiger partial charge in [-0.1, -0.05) is 12.1 Å². The molecule has 0 radical (unpaired) electrons. The molecule has 2 N–H and O–H groups in total. The van der Waals surface area contributed by atoms with Crippen LogP contribution in [-0.4, -0.2) is 72.9 Å². The maximum atomic E-state index is 12.6. The maximum absolute atomic E-state index is 12.6. The van der Waals surface area contributed by atoms with Gasteiger partial charge in [-0.3, -0.25) is 4.90 Å². The standard InChI is InChI=1S/C18H30N4O2/c1-5-20(4)16-9-7-6-8-15(16)19-17(23)22-12-10-21(11-13-22)14-18(2,3)24/h6-9,24H,5,10-14H2,1-4H3,(H,19,23). The molecule has 0 spiro atoms. The maximum Gasteiger partial charge on any atom is 0.321 e. The quantitative estimate of drug-likeness (QED) is 0.865. The molecule has 24 heavy (non-hydrogen) atoms. The highest BCUT2D eigenvalue weighted by molar-refractivity contribution is 5.93. The number of para-hydroxylation sites is 2. The molecule has 0 unspecified atom stereocenters. The van der Waals surface area contributed by atoms with Crippen molar-refractivity contribution in [3.8, 4) is 0 Å². The van der Waals surface area contributed by atoms with Crippen LogP contribution in [-0.2, 0) is 0 Å². The first-order valence-corrected chi connectivity index (χ1v) is 8.61. The fourth-order valence-electron chi connectivity index (χ4n) is 2.93. The Labute approximate surface area is 145 Å². The van der Waals surface area contributed by atoms with Crippen molar-refractivity contribution in [3.63, 3.8) is 0 Å². The van der Waals surface area contributed by atoms with Crippen molar-refractivity contribution < 1.29 is 9.90 Å². The summed E-state index contributed by atoms with van der Waals surface area (Å²) in [5, 5.41) is 12.9. The Hall–Kier alpha value is -1.79. The Bertz CT molecular complexity index is 548. The molecular weight excluding hydrogens is 304 g/mol. The number of nitrogens with one attached hydrogen (secondary N) is 1. The van der Waals surface area contributed by atoms with E-state index >= 15 is 0 Å². The average molecular weight is 334 g/mol. The molecule has 1 heterocycles. The highest BCUT2D eigenvalue weighted by atomic mass is 16.3. The van der Waals surface area contributed by atoms with Crippen molar-refractivity contribution >= 4 is 17.4 Å². The van der Waals surface area contributed by atoms with Gasteiger partial charge in [0.1, 0.15) is 0 Å². The molecule has 0 aliphatic carbocycles. The van der Waals surface area contributed by atoms with E-state index in [2.05, 4.69) is 22.0 Å². The third kappa shape index (κ3) is 5.11. The summed E-state index contributed by atoms with van der Waals surface area (Å²) in [5.74, 6) is 0. The zero-order valence-electron chi connectivity index (χ0n) is 15.2. The first-order chi connectivity index (χ1) is 11.3. The number of urea groups is 1. The van der Waals surface area contributed by atoms with Crippen LogP contribution in [0.2, 0.25) is 0 Å². The Kier molecular flexibility index (Phi) is 6.07. The average Bonchev–Trinajstić information content (AvgIpc) is 2.53. The summed E-state index contributed by atoms with van der Waals surface area (Å²) in [6.07, 6.45) is 0. The van der Waals surface area contributed by atoms with Gasteiger partial charge in [-0.15, -0.1) is 0 Å². The number of carbonyl (C=O) groups excluding carboxylic acids is 1. The minimum Gasteiger partial charge on any atom is -0.389 e. The number of hydrogen-bond donors (Lipinski definition) is 2. The van der Waals surface area contributed by atoms with E-state index in [9.17, 15) is 9.90 Å². The number of rotatable bonds is 5. The van der Waals surface area contributed by atoms with E-state index in [1.54, 1.807) is 0 Å². The van der Waals surface area contributed by atoms with Crippen LogP contribution in [0.15, 0.2) is 24.3 Å². The van der Waals surface area contributed by atoms with Crippen LogP contribution in [0.3, 0.4) is 0 Å². The Morgan fingerprint density at radius 1 is 1.25 bits per heavy atom. The summed E-state index contributed by atoms with van der Waals surface area (Å²) in [4.78, 5) is 18.7. The third-order valence-corrected chi connectivity index (χ3v) is 4.30. The summed E-state index contributed by atoms with van der Waals surface area (Å²) in [6, 6.07) is 7.80. The van der Waals surface area contributed by atoms with Gasteiger partial charge in [-0.25, -0.2) is 4.79 Å². The van der Waals surface area contributed by atoms with E-state index in [-0.39, 0.29) is 6.03 Å². The number of nitrogens with zero attached hydrogens (tertiary/aromatic N) is 3. The predicted octanol–water partition coefficient (Wildman–Crippen LogP) is 2.06. The molecule has 0 atom stereocenters. The molecule has 1 saturated heterocycles. The van der Waals surface area contributed by atoms with Crippen molar-refractivity contribution in [2.45, 2.75) is 26.4 Å². The lowest BCUT2D eigenvalue weighted by atomic mass is 10.1. The number of benzene rings is 1. The lowest BCUT2D eigenvalue weighted by molar-refractivity contribution is 0.0231. The number of carbonyl (C=O) groups is 1. The minimum absolute atomic E-state index is 0.0603. The monoisotopic (exact) mass is 334 g/mol. The van der Waals surface area contributed by atoms with Crippen molar-refractivity contribution in [2.75, 3.05) is 56.5 Å². The Balaban J connectivity index is 1.93. The van der Waals surface area contributed by atoms with Gasteiger partial charge in [0, 0.05) is 46.3 Å². The normalized spacial score (nSPS) is 16.1. The van der Waals surface area contributed by atoms with Crippen molar-refractivity contribution in [1.29, 1.82) is 0 Å². The molecule has 134 valence electrons. The molecule has 0 bridgehead atoms. The van der Waals surface area contributed by atoms with Crippen molar-refractivity contribution in [3.05, 3.63) is 24.3 Å². The van der Waals surface area contributed by atoms with Gasteiger partial charge in [-0.05, 0) is 32.9 Å². The second-order valence-corrected chi connectivity index (χ2v) is 7.04. The molecule has 6 heteroatoms. The Morgan fingerprint density at radius 3 is 2.46 bits per heavy atom. The molecule has 2 rings (SSSR count). The number of hydrogen-bond acceptors (Lipinski definition) is 4. The molecule has 2 amide bonds. The Morgan fingerprint density at radius 2 is 1.88 bits per heavy atom. The van der Waals surface area contributed by atoms with Gasteiger partial charge in [0.05, 0.1) is 17.0 Å². The highest BCUT2D eigenvalue weighted by Crippen LogP contribution is 2.24. The largest absolute Gasteiger partial charge is 0.389 e. The van der Waals surface area contributed by atoms with Crippen LogP contribution in [0.4, 0.5) is 16.2 Å². The van der Waals surface area contributed by atoms with E-state index in [1.165, 1.54) is 0 Å². The molecule has 1 fully saturated rings. The van der Waals surface area contributed by atoms with Gasteiger partial charge < -0.3 is 20.2 Å². The minimum atomic E-state index is -0.700. The highest BCUT2D eigenvalue weighted by Gasteiger charge is 2.25. The summed E-state index contributed by atoms with van der Waals surface area (Å²) >= 11 is 0. The van der Waals surface area contributed by atoms with Crippen LogP contribution in [0, 0.1) is 0 Å². The van der Waals surface area contributed by atoms with Crippen molar-refractivity contribution in [2.24, 2.45) is 0 Å². The first-order valence-electron chi connectivity index (χ1n) is 8.61. The second-order valence-electron chi connectivity index (χ2n) is 7.04. The number of aliphatic hydroxyl groups is 1. The number of β-amino-alcohol motifs (C(OH)–C–C–N with tert-alkyl or cyclic N) is 1. The lowest BCUT2D eigenvalue weighted by Crippen LogP contribution is -2.52. The fraction of sp³-hybridized carbons (Fsp3) is 0.611. The van der Waals surface area contributed by atoms with Gasteiger partial charge in [0.25, 0.3) is 0 Å². The van der Waals surface area contributed by atoms with Gasteiger partial charge in [0.15, 0.2) is 0 Å². The van der Waals surface area contributed by atoms with Gasteiger partial charge >= 0.3 is 6.03 Å². The molecule has 1 aromatic carbocycles. The molecule has 0 aromatic heterocycles. The van der Waals surface area contributed by atoms with E-state index in [0.717, 1.165) is 31.0 Å². The van der Waals surface area contributed by atoms with Crippen LogP contribution in [0.1, 0.15) is 20.8 Å². The molecule has 1 aliphatic rings. The zero-order valence-corrected chi connectivity index (χ0v) is 15.2. The summed E-state index contributed by atoms with van der Waals surface area (Å²) in [7, 11) is 2.01. The zero-order chi connectivity index (χ0) is 17.7. The van der Waals surface area contributed by atoms with E-state index < -0.39 is 5.60 Å². The third-order valence-electron chi connectivity index (χ3n) is 4.30. The van der Waals surface area contributed by atoms with Crippen molar-refractivity contribution in [1.82, 2.24) is 9.80 Å². The van der Waals surface area contributed by atoms with Crippen LogP contribution >= 0.6 is 0 Å². The predicted molar refractivity (Wildman–Crippen MR) is 98.7 cm³/mol. The summed E-state index contributed by atoms with van der Waals surface area (Å²) < 4.78 is 0. The van der Waals surface area contributed by atoms with Gasteiger partial charge in [-0.2, -0.15) is 0 Å². The van der Waals surface area contributed by atoms with E-state index in [0.29, 0.717) is 19.6 Å². The fourth-order valence-corrected chi connectivity index (χ4v) is 2.93. The lowest BCUT2D eigenvalue weighted by Gasteiger charge is -2.37. The van der Waals surface area contributed by atoms with Crippen LogP contribution in [0.5, 0.6) is 0 Å². The van der Waals surface area contributed by atoms with Gasteiger partial charge in [0.2, 0.25) is 0 Å². The molecule has 1 aromatic rings. The topological polar surface area (TPSA) is 59.1 Å². The molecule has 1 aliphatic heterocycles. The smallest absolute Gasteiger partial charge is 0.321 e. The van der Waals surface area contributed by atoms with E-state index in [4.69, 9.17) is 0 Å². The summed E-state index contributed by atoms with van der Waals surface area (Å²) in [6.45, 7) is 10.1. The second kappa shape index (κ2) is 7.85. The van der Waals surface area contributed by atoms with Crippen LogP contribution < -0.4 is 10.2 Å². The van der Waals surface area contributed by atoms with Crippen LogP contribution in [0.25, 0.3) is 0 Å². The number of amides is 2. The number of piperazine rings is 1. The summed E-state index contributed by atoms with van der Waals surface area (Å²) in [5.41, 5.74) is 1.16. The van der Waals surface area contributed by atoms with E-state index in [1.807, 2.05) is 50.1 Å². The number of anilines is 2. The molecular formula is C18H30N4O2. The molecule has 6 nitrogen and oxygen atoms in total. The molecule has 0 saturated carbocycles. The SMILES string of the molecule is CCN(C)c1ccccc1NC(=O)N1CCN(CC(C)(C)O)CC1. The first kappa shape index (κ1) is 18.5.